The zero-order valence-electron chi connectivity index (χ0n) is 10.1. The van der Waals surface area contributed by atoms with Crippen LogP contribution in [0.15, 0.2) is 17.0 Å². The number of carbonyl (C=O) groups is 1. The van der Waals surface area contributed by atoms with E-state index in [0.717, 1.165) is 23.9 Å². The molecule has 1 rings (SSSR count). The molecule has 19 heavy (non-hydrogen) atoms. The van der Waals surface area contributed by atoms with E-state index in [0.29, 0.717) is 4.90 Å². The van der Waals surface area contributed by atoms with E-state index in [1.165, 1.54) is 0 Å². The molecule has 1 N–H and O–H groups in total. The number of nitro groups is 1. The Labute approximate surface area is 124 Å². The summed E-state index contributed by atoms with van der Waals surface area (Å²) in [6.07, 6.45) is 0. The molecular formula is C11H11Cl2NO4S. The van der Waals surface area contributed by atoms with E-state index >= 15 is 0 Å². The zero-order chi connectivity index (χ0) is 14.7. The van der Waals surface area contributed by atoms with Gasteiger partial charge in [0.2, 0.25) is 0 Å². The number of non-ortho nitro benzene ring substituents is 1. The van der Waals surface area contributed by atoms with Crippen molar-refractivity contribution in [3.8, 4) is 0 Å². The van der Waals surface area contributed by atoms with Gasteiger partial charge in [-0.2, -0.15) is 0 Å². The van der Waals surface area contributed by atoms with Gasteiger partial charge in [-0.1, -0.05) is 37.0 Å². The van der Waals surface area contributed by atoms with Gasteiger partial charge in [0.15, 0.2) is 0 Å². The molecular weight excluding hydrogens is 313 g/mol. The standard InChI is InChI=1S/C11H11Cl2NO4S/c1-5(2)9(11(15)16)19-10-7(12)3-6(14(17)18)4-8(10)13/h3-5,9H,1-2H3,(H,15,16). The molecule has 0 saturated carbocycles. The molecule has 1 aromatic carbocycles. The Bertz CT molecular complexity index is 498. The van der Waals surface area contributed by atoms with Crippen LogP contribution in [-0.2, 0) is 4.79 Å². The molecule has 1 unspecified atom stereocenters. The minimum atomic E-state index is -0.981. The fourth-order valence-electron chi connectivity index (χ4n) is 1.36. The van der Waals surface area contributed by atoms with Crippen molar-refractivity contribution in [2.45, 2.75) is 24.0 Å². The van der Waals surface area contributed by atoms with Gasteiger partial charge >= 0.3 is 5.97 Å². The third-order valence-electron chi connectivity index (χ3n) is 2.29. The summed E-state index contributed by atoms with van der Waals surface area (Å²) in [5.74, 6) is -1.12. The summed E-state index contributed by atoms with van der Waals surface area (Å²) in [7, 11) is 0. The molecule has 0 aromatic heterocycles. The van der Waals surface area contributed by atoms with E-state index in [9.17, 15) is 14.9 Å². The van der Waals surface area contributed by atoms with Crippen LogP contribution in [0.5, 0.6) is 0 Å². The van der Waals surface area contributed by atoms with Gasteiger partial charge in [-0.3, -0.25) is 14.9 Å². The second-order valence-corrected chi connectivity index (χ2v) is 6.08. The van der Waals surface area contributed by atoms with Crippen LogP contribution in [-0.4, -0.2) is 21.2 Å². The Morgan fingerprint density at radius 1 is 1.37 bits per heavy atom. The van der Waals surface area contributed by atoms with E-state index in [2.05, 4.69) is 0 Å². The summed E-state index contributed by atoms with van der Waals surface area (Å²) in [4.78, 5) is 21.5. The van der Waals surface area contributed by atoms with Crippen molar-refractivity contribution < 1.29 is 14.8 Å². The Morgan fingerprint density at radius 2 is 1.84 bits per heavy atom. The maximum Gasteiger partial charge on any atom is 0.317 e. The number of hydrogen-bond acceptors (Lipinski definition) is 4. The number of benzene rings is 1. The monoisotopic (exact) mass is 323 g/mol. The first kappa shape index (κ1) is 16.1. The average molecular weight is 324 g/mol. The molecule has 0 radical (unpaired) electrons. The summed E-state index contributed by atoms with van der Waals surface area (Å²) in [6.45, 7) is 3.53. The minimum absolute atomic E-state index is 0.0797. The molecule has 0 aliphatic rings. The van der Waals surface area contributed by atoms with Crippen LogP contribution >= 0.6 is 35.0 Å². The van der Waals surface area contributed by atoms with Crippen molar-refractivity contribution in [2.24, 2.45) is 5.92 Å². The summed E-state index contributed by atoms with van der Waals surface area (Å²) in [5, 5.41) is 19.2. The van der Waals surface area contributed by atoms with Crippen molar-refractivity contribution >= 4 is 46.6 Å². The Morgan fingerprint density at radius 3 is 2.16 bits per heavy atom. The number of thioether (sulfide) groups is 1. The van der Waals surface area contributed by atoms with Crippen LogP contribution in [0.3, 0.4) is 0 Å². The third kappa shape index (κ3) is 3.99. The van der Waals surface area contributed by atoms with Crippen LogP contribution in [0.2, 0.25) is 10.0 Å². The van der Waals surface area contributed by atoms with Gasteiger partial charge < -0.3 is 5.11 Å². The van der Waals surface area contributed by atoms with E-state index < -0.39 is 16.1 Å². The number of aliphatic carboxylic acids is 1. The van der Waals surface area contributed by atoms with Gasteiger partial charge in [0.25, 0.3) is 5.69 Å². The van der Waals surface area contributed by atoms with Crippen molar-refractivity contribution in [1.82, 2.24) is 0 Å². The normalized spacial score (nSPS) is 12.5. The lowest BCUT2D eigenvalue weighted by molar-refractivity contribution is -0.384. The molecule has 0 amide bonds. The number of carboxylic acids is 1. The zero-order valence-corrected chi connectivity index (χ0v) is 12.4. The summed E-state index contributed by atoms with van der Waals surface area (Å²) >= 11 is 12.9. The molecule has 1 atom stereocenters. The maximum atomic E-state index is 11.1. The van der Waals surface area contributed by atoms with E-state index in [4.69, 9.17) is 28.3 Å². The molecule has 0 saturated heterocycles. The number of rotatable bonds is 5. The van der Waals surface area contributed by atoms with Gasteiger partial charge in [-0.25, -0.2) is 0 Å². The lowest BCUT2D eigenvalue weighted by Gasteiger charge is -2.17. The Balaban J connectivity index is 3.14. The largest absolute Gasteiger partial charge is 0.480 e. The fraction of sp³-hybridized carbons (Fsp3) is 0.364. The number of nitrogens with zero attached hydrogens (tertiary/aromatic N) is 1. The van der Waals surface area contributed by atoms with Crippen LogP contribution in [0, 0.1) is 16.0 Å². The van der Waals surface area contributed by atoms with Crippen LogP contribution in [0.25, 0.3) is 0 Å². The van der Waals surface area contributed by atoms with Crippen molar-refractivity contribution in [1.29, 1.82) is 0 Å². The Kier molecular flexibility index (Phi) is 5.46. The first-order valence-electron chi connectivity index (χ1n) is 5.27. The average Bonchev–Trinajstić information content (AvgIpc) is 2.26. The van der Waals surface area contributed by atoms with Gasteiger partial charge in [0.1, 0.15) is 5.25 Å². The topological polar surface area (TPSA) is 80.4 Å². The first-order chi connectivity index (χ1) is 8.73. The highest BCUT2D eigenvalue weighted by molar-refractivity contribution is 8.00. The van der Waals surface area contributed by atoms with Crippen LogP contribution in [0.4, 0.5) is 5.69 Å². The van der Waals surface area contributed by atoms with Crippen LogP contribution < -0.4 is 0 Å². The molecule has 104 valence electrons. The number of carboxylic acid groups (broad SMARTS) is 1. The van der Waals surface area contributed by atoms with E-state index in [-0.39, 0.29) is 21.7 Å². The summed E-state index contributed by atoms with van der Waals surface area (Å²) in [6, 6.07) is 2.32. The van der Waals surface area contributed by atoms with Gasteiger partial charge in [-0.05, 0) is 5.92 Å². The predicted octanol–water partition coefficient (Wildman–Crippen LogP) is 4.10. The molecule has 0 heterocycles. The second kappa shape index (κ2) is 6.45. The molecule has 0 fully saturated rings. The SMILES string of the molecule is CC(C)C(Sc1c(Cl)cc([N+](=O)[O-])cc1Cl)C(=O)O. The van der Waals surface area contributed by atoms with E-state index in [1.807, 2.05) is 0 Å². The molecule has 0 spiro atoms. The minimum Gasteiger partial charge on any atom is -0.480 e. The molecule has 5 nitrogen and oxygen atoms in total. The number of hydrogen-bond donors (Lipinski definition) is 1. The van der Waals surface area contributed by atoms with Crippen molar-refractivity contribution in [2.75, 3.05) is 0 Å². The van der Waals surface area contributed by atoms with Gasteiger partial charge in [0, 0.05) is 17.0 Å². The third-order valence-corrected chi connectivity index (χ3v) is 4.78. The van der Waals surface area contributed by atoms with E-state index in [1.54, 1.807) is 13.8 Å². The molecule has 1 aromatic rings. The summed E-state index contributed by atoms with van der Waals surface area (Å²) in [5.41, 5.74) is -0.226. The second-order valence-electron chi connectivity index (χ2n) is 4.12. The molecule has 0 aliphatic carbocycles. The number of halogens is 2. The predicted molar refractivity (Wildman–Crippen MR) is 75.2 cm³/mol. The lowest BCUT2D eigenvalue weighted by Crippen LogP contribution is -2.22. The molecule has 0 aliphatic heterocycles. The number of nitro benzene ring substituents is 1. The smallest absolute Gasteiger partial charge is 0.317 e. The molecule has 8 heteroatoms. The molecule has 0 bridgehead atoms. The maximum absolute atomic E-state index is 11.1. The fourth-order valence-corrected chi connectivity index (χ4v) is 3.08. The van der Waals surface area contributed by atoms with Gasteiger partial charge in [0.05, 0.1) is 15.0 Å². The highest BCUT2D eigenvalue weighted by Gasteiger charge is 2.26. The van der Waals surface area contributed by atoms with Crippen LogP contribution in [0.1, 0.15) is 13.8 Å². The van der Waals surface area contributed by atoms with Crippen molar-refractivity contribution in [3.05, 3.63) is 32.3 Å². The Hall–Kier alpha value is -0.980. The first-order valence-corrected chi connectivity index (χ1v) is 6.90. The van der Waals surface area contributed by atoms with Crippen molar-refractivity contribution in [3.63, 3.8) is 0 Å². The highest BCUT2D eigenvalue weighted by Crippen LogP contribution is 2.40. The van der Waals surface area contributed by atoms with Gasteiger partial charge in [-0.15, -0.1) is 11.8 Å². The summed E-state index contributed by atoms with van der Waals surface area (Å²) < 4.78 is 0. The quantitative estimate of drug-likeness (QED) is 0.501. The lowest BCUT2D eigenvalue weighted by atomic mass is 10.1. The highest BCUT2D eigenvalue weighted by atomic mass is 35.5.